The van der Waals surface area contributed by atoms with E-state index < -0.39 is 5.60 Å². The van der Waals surface area contributed by atoms with Crippen molar-refractivity contribution in [3.05, 3.63) is 0 Å². The number of piperidine rings is 1. The van der Waals surface area contributed by atoms with Gasteiger partial charge in [0, 0.05) is 19.7 Å². The number of ether oxygens (including phenoxy) is 1. The summed E-state index contributed by atoms with van der Waals surface area (Å²) in [6, 6.07) is 0. The molecule has 2 rings (SSSR count). The van der Waals surface area contributed by atoms with E-state index in [-0.39, 0.29) is 0 Å². The van der Waals surface area contributed by atoms with Crippen molar-refractivity contribution in [3.8, 4) is 0 Å². The Hall–Kier alpha value is -0.120. The molecular weight excluding hydrogens is 202 g/mol. The Bertz CT molecular complexity index is 202. The first kappa shape index (κ1) is 12.3. The zero-order valence-corrected chi connectivity index (χ0v) is 10.5. The molecule has 0 amide bonds. The first-order valence-electron chi connectivity index (χ1n) is 6.72. The van der Waals surface area contributed by atoms with E-state index in [4.69, 9.17) is 4.74 Å². The summed E-state index contributed by atoms with van der Waals surface area (Å²) < 4.78 is 5.62. The number of likely N-dealkylation sites (tertiary alicyclic amines) is 1. The Morgan fingerprint density at radius 1 is 1.38 bits per heavy atom. The van der Waals surface area contributed by atoms with Crippen LogP contribution in [0.4, 0.5) is 0 Å². The minimum Gasteiger partial charge on any atom is -0.390 e. The minimum atomic E-state index is -0.412. The lowest BCUT2D eigenvalue weighted by Gasteiger charge is -2.35. The molecule has 0 aromatic heterocycles. The van der Waals surface area contributed by atoms with Crippen molar-refractivity contribution >= 4 is 0 Å². The molecule has 1 N–H and O–H groups in total. The van der Waals surface area contributed by atoms with E-state index in [1.165, 1.54) is 32.2 Å². The number of rotatable bonds is 4. The van der Waals surface area contributed by atoms with Crippen LogP contribution in [0.2, 0.25) is 0 Å². The number of nitrogens with zero attached hydrogens (tertiary/aromatic N) is 1. The largest absolute Gasteiger partial charge is 0.390 e. The third kappa shape index (κ3) is 3.72. The highest BCUT2D eigenvalue weighted by atomic mass is 16.5. The van der Waals surface area contributed by atoms with Crippen LogP contribution in [-0.2, 0) is 4.74 Å². The van der Waals surface area contributed by atoms with Gasteiger partial charge < -0.3 is 14.7 Å². The highest BCUT2D eigenvalue weighted by molar-refractivity contribution is 4.81. The molecule has 0 radical (unpaired) electrons. The fourth-order valence-corrected chi connectivity index (χ4v) is 2.67. The predicted octanol–water partition coefficient (Wildman–Crippen LogP) is 1.79. The van der Waals surface area contributed by atoms with E-state index in [0.29, 0.717) is 6.10 Å². The Morgan fingerprint density at radius 3 is 2.75 bits per heavy atom. The average Bonchev–Trinajstić information content (AvgIpc) is 2.73. The summed E-state index contributed by atoms with van der Waals surface area (Å²) in [6.45, 7) is 6.21. The van der Waals surface area contributed by atoms with Gasteiger partial charge >= 0.3 is 0 Å². The molecule has 1 atom stereocenters. The molecule has 2 fully saturated rings. The Morgan fingerprint density at radius 2 is 2.12 bits per heavy atom. The number of aliphatic hydroxyl groups is 1. The van der Waals surface area contributed by atoms with Gasteiger partial charge in [-0.15, -0.1) is 0 Å². The molecular formula is C13H25NO2. The van der Waals surface area contributed by atoms with Crippen LogP contribution in [0.25, 0.3) is 0 Å². The monoisotopic (exact) mass is 227 g/mol. The van der Waals surface area contributed by atoms with Gasteiger partial charge in [0.2, 0.25) is 0 Å². The first-order valence-corrected chi connectivity index (χ1v) is 6.72. The molecule has 2 heterocycles. The molecule has 0 saturated carbocycles. The topological polar surface area (TPSA) is 32.7 Å². The molecule has 94 valence electrons. The van der Waals surface area contributed by atoms with Crippen molar-refractivity contribution in [3.63, 3.8) is 0 Å². The van der Waals surface area contributed by atoms with E-state index in [1.807, 2.05) is 6.92 Å². The van der Waals surface area contributed by atoms with Crippen LogP contribution >= 0.6 is 0 Å². The zero-order chi connectivity index (χ0) is 11.4. The van der Waals surface area contributed by atoms with Crippen LogP contribution in [-0.4, -0.2) is 48.0 Å². The summed E-state index contributed by atoms with van der Waals surface area (Å²) in [5, 5.41) is 9.84. The molecule has 1 unspecified atom stereocenters. The van der Waals surface area contributed by atoms with Gasteiger partial charge in [-0.05, 0) is 52.0 Å². The summed E-state index contributed by atoms with van der Waals surface area (Å²) in [7, 11) is 0. The molecule has 0 bridgehead atoms. The van der Waals surface area contributed by atoms with Crippen LogP contribution in [0.1, 0.15) is 45.4 Å². The van der Waals surface area contributed by atoms with E-state index in [1.54, 1.807) is 0 Å². The molecule has 0 aromatic carbocycles. The van der Waals surface area contributed by atoms with Crippen LogP contribution < -0.4 is 0 Å². The minimum absolute atomic E-state index is 0.412. The van der Waals surface area contributed by atoms with Crippen molar-refractivity contribution in [1.82, 2.24) is 4.90 Å². The SMILES string of the molecule is CC1(O)CCN(CCCC2CCCO2)CC1. The summed E-state index contributed by atoms with van der Waals surface area (Å²) in [6.07, 6.45) is 7.35. The van der Waals surface area contributed by atoms with Gasteiger partial charge in [-0.2, -0.15) is 0 Å². The summed E-state index contributed by atoms with van der Waals surface area (Å²) in [5.74, 6) is 0. The van der Waals surface area contributed by atoms with Gasteiger partial charge in [0.25, 0.3) is 0 Å². The lowest BCUT2D eigenvalue weighted by molar-refractivity contribution is -0.00648. The molecule has 0 aromatic rings. The Kier molecular flexibility index (Phi) is 4.22. The quantitative estimate of drug-likeness (QED) is 0.795. The third-order valence-electron chi connectivity index (χ3n) is 3.96. The third-order valence-corrected chi connectivity index (χ3v) is 3.96. The van der Waals surface area contributed by atoms with Gasteiger partial charge in [-0.3, -0.25) is 0 Å². The second-order valence-electron chi connectivity index (χ2n) is 5.62. The molecule has 3 nitrogen and oxygen atoms in total. The van der Waals surface area contributed by atoms with Crippen LogP contribution in [0.5, 0.6) is 0 Å². The first-order chi connectivity index (χ1) is 7.66. The van der Waals surface area contributed by atoms with Gasteiger partial charge in [-0.1, -0.05) is 0 Å². The normalized spacial score (nSPS) is 30.8. The van der Waals surface area contributed by atoms with Gasteiger partial charge in [-0.25, -0.2) is 0 Å². The fraction of sp³-hybridized carbons (Fsp3) is 1.00. The molecule has 0 aliphatic carbocycles. The maximum absolute atomic E-state index is 9.84. The maximum atomic E-state index is 9.84. The van der Waals surface area contributed by atoms with Gasteiger partial charge in [0.1, 0.15) is 0 Å². The Labute approximate surface area is 98.8 Å². The summed E-state index contributed by atoms with van der Waals surface area (Å²) in [5.41, 5.74) is -0.412. The van der Waals surface area contributed by atoms with Gasteiger partial charge in [0.05, 0.1) is 11.7 Å². The number of hydrogen-bond acceptors (Lipinski definition) is 3. The van der Waals surface area contributed by atoms with Crippen LogP contribution in [0.3, 0.4) is 0 Å². The molecule has 0 spiro atoms. The summed E-state index contributed by atoms with van der Waals surface area (Å²) in [4.78, 5) is 2.48. The number of hydrogen-bond donors (Lipinski definition) is 1. The van der Waals surface area contributed by atoms with Crippen molar-refractivity contribution in [2.75, 3.05) is 26.2 Å². The van der Waals surface area contributed by atoms with Crippen molar-refractivity contribution in [2.24, 2.45) is 0 Å². The zero-order valence-electron chi connectivity index (χ0n) is 10.5. The van der Waals surface area contributed by atoms with Crippen LogP contribution in [0, 0.1) is 0 Å². The van der Waals surface area contributed by atoms with Crippen molar-refractivity contribution < 1.29 is 9.84 Å². The maximum Gasteiger partial charge on any atom is 0.0644 e. The van der Waals surface area contributed by atoms with Gasteiger partial charge in [0.15, 0.2) is 0 Å². The van der Waals surface area contributed by atoms with E-state index in [0.717, 1.165) is 32.5 Å². The lowest BCUT2D eigenvalue weighted by atomic mass is 9.94. The average molecular weight is 227 g/mol. The van der Waals surface area contributed by atoms with Crippen LogP contribution in [0.15, 0.2) is 0 Å². The highest BCUT2D eigenvalue weighted by Crippen LogP contribution is 2.22. The van der Waals surface area contributed by atoms with E-state index in [9.17, 15) is 5.11 Å². The van der Waals surface area contributed by atoms with Crippen molar-refractivity contribution in [1.29, 1.82) is 0 Å². The molecule has 2 aliphatic heterocycles. The molecule has 3 heteroatoms. The smallest absolute Gasteiger partial charge is 0.0644 e. The second kappa shape index (κ2) is 5.48. The van der Waals surface area contributed by atoms with E-state index in [2.05, 4.69) is 4.90 Å². The molecule has 16 heavy (non-hydrogen) atoms. The lowest BCUT2D eigenvalue weighted by Crippen LogP contribution is -2.42. The molecule has 2 saturated heterocycles. The van der Waals surface area contributed by atoms with Crippen molar-refractivity contribution in [2.45, 2.75) is 57.2 Å². The van der Waals surface area contributed by atoms with E-state index >= 15 is 0 Å². The standard InChI is InChI=1S/C13H25NO2/c1-13(15)6-9-14(10-7-13)8-2-4-12-5-3-11-16-12/h12,15H,2-11H2,1H3. The predicted molar refractivity (Wildman–Crippen MR) is 64.5 cm³/mol. The second-order valence-corrected chi connectivity index (χ2v) is 5.62. The summed E-state index contributed by atoms with van der Waals surface area (Å²) >= 11 is 0. The Balaban J connectivity index is 1.56. The highest BCUT2D eigenvalue weighted by Gasteiger charge is 2.27. The molecule has 2 aliphatic rings. The fourth-order valence-electron chi connectivity index (χ4n) is 2.67.